The Balaban J connectivity index is 2.55. The second-order valence-corrected chi connectivity index (χ2v) is 3.69. The molecule has 0 aromatic carbocycles. The number of carboxylic acid groups (broad SMARTS) is 1. The monoisotopic (exact) mass is 227 g/mol. The van der Waals surface area contributed by atoms with E-state index in [1.807, 2.05) is 6.92 Å². The molecule has 0 spiro atoms. The first-order valence-corrected chi connectivity index (χ1v) is 5.38. The summed E-state index contributed by atoms with van der Waals surface area (Å²) in [5, 5.41) is 8.75. The summed E-state index contributed by atoms with van der Waals surface area (Å²) in [6.45, 7) is 6.47. The molecule has 0 aromatic rings. The molecule has 1 rings (SSSR count). The maximum absolute atomic E-state index is 11.9. The molecule has 0 unspecified atom stereocenters. The number of carbonyl (C=O) groups excluding carboxylic acids is 1. The maximum atomic E-state index is 11.9. The third-order valence-electron chi connectivity index (χ3n) is 2.61. The first-order valence-electron chi connectivity index (χ1n) is 5.38. The first kappa shape index (κ1) is 12.7. The molecule has 0 saturated carbocycles. The van der Waals surface area contributed by atoms with E-state index in [-0.39, 0.29) is 5.91 Å². The van der Waals surface area contributed by atoms with Crippen LogP contribution in [0.15, 0.2) is 12.7 Å². The molecule has 1 heterocycles. The molecule has 5 heteroatoms. The summed E-state index contributed by atoms with van der Waals surface area (Å²) >= 11 is 0. The molecule has 16 heavy (non-hydrogen) atoms. The Kier molecular flexibility index (Phi) is 4.49. The predicted octanol–water partition coefficient (Wildman–Crippen LogP) is 0.653. The fourth-order valence-corrected chi connectivity index (χ4v) is 1.73. The Morgan fingerprint density at radius 3 is 2.56 bits per heavy atom. The minimum absolute atomic E-state index is 0.147. The highest BCUT2D eigenvalue weighted by Gasteiger charge is 2.36. The Morgan fingerprint density at radius 2 is 2.12 bits per heavy atom. The second-order valence-electron chi connectivity index (χ2n) is 3.69. The fraction of sp³-hybridized carbons (Fsp3) is 0.636. The van der Waals surface area contributed by atoms with Gasteiger partial charge in [-0.05, 0) is 19.8 Å². The molecule has 0 aromatic heterocycles. The molecule has 1 fully saturated rings. The van der Waals surface area contributed by atoms with Gasteiger partial charge < -0.3 is 14.7 Å². The van der Waals surface area contributed by atoms with E-state index in [9.17, 15) is 9.59 Å². The summed E-state index contributed by atoms with van der Waals surface area (Å²) in [4.78, 5) is 24.2. The van der Waals surface area contributed by atoms with Crippen molar-refractivity contribution >= 4 is 11.9 Å². The highest BCUT2D eigenvalue weighted by atomic mass is 16.5. The number of ether oxygens (including phenoxy) is 1. The van der Waals surface area contributed by atoms with Crippen LogP contribution in [-0.2, 0) is 14.3 Å². The predicted molar refractivity (Wildman–Crippen MR) is 58.0 cm³/mol. The number of nitrogens with zero attached hydrogens (tertiary/aromatic N) is 1. The van der Waals surface area contributed by atoms with Gasteiger partial charge in [-0.2, -0.15) is 0 Å². The van der Waals surface area contributed by atoms with Crippen LogP contribution < -0.4 is 0 Å². The van der Waals surface area contributed by atoms with Crippen molar-refractivity contribution in [2.24, 2.45) is 0 Å². The molecule has 1 saturated heterocycles. The van der Waals surface area contributed by atoms with Crippen molar-refractivity contribution in [1.29, 1.82) is 0 Å². The Labute approximate surface area is 94.7 Å². The molecule has 0 bridgehead atoms. The van der Waals surface area contributed by atoms with Crippen LogP contribution in [0.5, 0.6) is 0 Å². The minimum atomic E-state index is -0.998. The van der Waals surface area contributed by atoms with Gasteiger partial charge in [-0.25, -0.2) is 4.79 Å². The van der Waals surface area contributed by atoms with Gasteiger partial charge in [0.05, 0.1) is 0 Å². The standard InChI is InChI=1S/C11H17NO4/c1-3-7-12(4-2)10(13)8-5-6-9(16-8)11(14)15/h3,8-9H,1,4-7H2,2H3,(H,14,15)/t8-,9+/m0/s1. The van der Waals surface area contributed by atoms with Gasteiger partial charge >= 0.3 is 5.97 Å². The van der Waals surface area contributed by atoms with E-state index >= 15 is 0 Å². The molecule has 2 atom stereocenters. The largest absolute Gasteiger partial charge is 0.479 e. The number of hydrogen-bond acceptors (Lipinski definition) is 3. The van der Waals surface area contributed by atoms with E-state index in [0.29, 0.717) is 25.9 Å². The number of likely N-dealkylation sites (N-methyl/N-ethyl adjacent to an activating group) is 1. The number of aliphatic carboxylic acids is 1. The lowest BCUT2D eigenvalue weighted by molar-refractivity contribution is -0.154. The smallest absolute Gasteiger partial charge is 0.332 e. The van der Waals surface area contributed by atoms with Crippen LogP contribution >= 0.6 is 0 Å². The number of carboxylic acids is 1. The zero-order chi connectivity index (χ0) is 12.1. The van der Waals surface area contributed by atoms with Crippen LogP contribution in [-0.4, -0.2) is 47.2 Å². The van der Waals surface area contributed by atoms with Crippen LogP contribution in [0.1, 0.15) is 19.8 Å². The second kappa shape index (κ2) is 5.65. The topological polar surface area (TPSA) is 66.8 Å². The number of carbonyl (C=O) groups is 2. The normalized spacial score (nSPS) is 24.1. The minimum Gasteiger partial charge on any atom is -0.479 e. The van der Waals surface area contributed by atoms with Gasteiger partial charge in [-0.1, -0.05) is 6.08 Å². The van der Waals surface area contributed by atoms with Crippen LogP contribution in [0, 0.1) is 0 Å². The maximum Gasteiger partial charge on any atom is 0.332 e. The molecule has 1 amide bonds. The van der Waals surface area contributed by atoms with E-state index in [1.54, 1.807) is 11.0 Å². The van der Waals surface area contributed by atoms with Crippen molar-refractivity contribution in [3.05, 3.63) is 12.7 Å². The molecule has 1 aliphatic rings. The highest BCUT2D eigenvalue weighted by Crippen LogP contribution is 2.21. The molecule has 1 aliphatic heterocycles. The van der Waals surface area contributed by atoms with Gasteiger partial charge in [0, 0.05) is 13.1 Å². The van der Waals surface area contributed by atoms with Crippen molar-refractivity contribution < 1.29 is 19.4 Å². The van der Waals surface area contributed by atoms with Gasteiger partial charge in [-0.3, -0.25) is 4.79 Å². The lowest BCUT2D eigenvalue weighted by Crippen LogP contribution is -2.39. The quantitative estimate of drug-likeness (QED) is 0.700. The summed E-state index contributed by atoms with van der Waals surface area (Å²) < 4.78 is 5.19. The number of hydrogen-bond donors (Lipinski definition) is 1. The Morgan fingerprint density at radius 1 is 1.50 bits per heavy atom. The average molecular weight is 227 g/mol. The summed E-state index contributed by atoms with van der Waals surface area (Å²) in [5.41, 5.74) is 0. The van der Waals surface area contributed by atoms with Crippen LogP contribution in [0.4, 0.5) is 0 Å². The fourth-order valence-electron chi connectivity index (χ4n) is 1.73. The Hall–Kier alpha value is -1.36. The third-order valence-corrected chi connectivity index (χ3v) is 2.61. The van der Waals surface area contributed by atoms with E-state index in [1.165, 1.54) is 0 Å². The lowest BCUT2D eigenvalue weighted by atomic mass is 10.2. The average Bonchev–Trinajstić information content (AvgIpc) is 2.74. The van der Waals surface area contributed by atoms with E-state index in [2.05, 4.69) is 6.58 Å². The number of rotatable bonds is 5. The van der Waals surface area contributed by atoms with Crippen molar-refractivity contribution in [3.8, 4) is 0 Å². The Bertz CT molecular complexity index is 290. The summed E-state index contributed by atoms with van der Waals surface area (Å²) in [7, 11) is 0. The van der Waals surface area contributed by atoms with Crippen molar-refractivity contribution in [2.45, 2.75) is 32.0 Å². The lowest BCUT2D eigenvalue weighted by Gasteiger charge is -2.22. The first-order chi connectivity index (χ1) is 7.60. The van der Waals surface area contributed by atoms with E-state index < -0.39 is 18.2 Å². The van der Waals surface area contributed by atoms with Crippen LogP contribution in [0.2, 0.25) is 0 Å². The molecule has 0 aliphatic carbocycles. The molecule has 90 valence electrons. The number of amides is 1. The molecular weight excluding hydrogens is 210 g/mol. The SMILES string of the molecule is C=CCN(CC)C(=O)[C@@H]1CC[C@H](C(=O)O)O1. The molecule has 1 N–H and O–H groups in total. The summed E-state index contributed by atoms with van der Waals surface area (Å²) in [5.74, 6) is -1.15. The van der Waals surface area contributed by atoms with E-state index in [4.69, 9.17) is 9.84 Å². The molecular formula is C11H17NO4. The summed E-state index contributed by atoms with van der Waals surface area (Å²) in [6.07, 6.45) is 1.07. The molecule has 5 nitrogen and oxygen atoms in total. The third kappa shape index (κ3) is 2.82. The van der Waals surface area contributed by atoms with Gasteiger partial charge in [0.25, 0.3) is 5.91 Å². The highest BCUT2D eigenvalue weighted by molar-refractivity contribution is 5.82. The van der Waals surface area contributed by atoms with Gasteiger partial charge in [0.2, 0.25) is 0 Å². The molecule has 0 radical (unpaired) electrons. The van der Waals surface area contributed by atoms with Crippen molar-refractivity contribution in [3.63, 3.8) is 0 Å². The van der Waals surface area contributed by atoms with E-state index in [0.717, 1.165) is 0 Å². The zero-order valence-electron chi connectivity index (χ0n) is 9.39. The van der Waals surface area contributed by atoms with Crippen LogP contribution in [0.25, 0.3) is 0 Å². The van der Waals surface area contributed by atoms with Gasteiger partial charge in [0.1, 0.15) is 6.10 Å². The summed E-state index contributed by atoms with van der Waals surface area (Å²) in [6, 6.07) is 0. The van der Waals surface area contributed by atoms with Crippen LogP contribution in [0.3, 0.4) is 0 Å². The van der Waals surface area contributed by atoms with Crippen molar-refractivity contribution in [1.82, 2.24) is 4.90 Å². The zero-order valence-corrected chi connectivity index (χ0v) is 9.39. The van der Waals surface area contributed by atoms with Gasteiger partial charge in [-0.15, -0.1) is 6.58 Å². The van der Waals surface area contributed by atoms with Gasteiger partial charge in [0.15, 0.2) is 6.10 Å². The van der Waals surface area contributed by atoms with Crippen molar-refractivity contribution in [2.75, 3.05) is 13.1 Å².